The summed E-state index contributed by atoms with van der Waals surface area (Å²) in [6, 6.07) is 9.44. The maximum Gasteiger partial charge on any atom is 0.256 e. The van der Waals surface area contributed by atoms with E-state index in [0.29, 0.717) is 6.42 Å². The molecule has 0 saturated carbocycles. The summed E-state index contributed by atoms with van der Waals surface area (Å²) in [7, 11) is 0. The molecule has 1 aliphatic rings. The Balaban J connectivity index is 2.22. The average Bonchev–Trinajstić information content (AvgIpc) is 2.37. The van der Waals surface area contributed by atoms with Crippen LogP contribution < -0.4 is 5.32 Å². The number of hydrogen-bond donors (Lipinski definition) is 2. The van der Waals surface area contributed by atoms with Gasteiger partial charge in [0, 0.05) is 12.6 Å². The molecule has 1 unspecified atom stereocenters. The third-order valence-corrected chi connectivity index (χ3v) is 3.04. The highest BCUT2D eigenvalue weighted by molar-refractivity contribution is 6.13. The predicted molar refractivity (Wildman–Crippen MR) is 79.8 cm³/mol. The van der Waals surface area contributed by atoms with Gasteiger partial charge in [0.2, 0.25) is 0 Å². The van der Waals surface area contributed by atoms with Crippen molar-refractivity contribution >= 4 is 12.1 Å². The van der Waals surface area contributed by atoms with Crippen LogP contribution in [0.1, 0.15) is 38.8 Å². The summed E-state index contributed by atoms with van der Waals surface area (Å²) >= 11 is 0. The SMILES string of the molecule is CC(C)(C)N=CC1=C(O)CC(c2ccccc2)NC1=O. The number of aliphatic hydroxyl groups is 1. The molecule has 4 nitrogen and oxygen atoms in total. The summed E-state index contributed by atoms with van der Waals surface area (Å²) in [6.07, 6.45) is 1.85. The van der Waals surface area contributed by atoms with Crippen molar-refractivity contribution in [2.24, 2.45) is 4.99 Å². The topological polar surface area (TPSA) is 61.7 Å². The number of benzene rings is 1. The van der Waals surface area contributed by atoms with Crippen molar-refractivity contribution in [2.75, 3.05) is 0 Å². The van der Waals surface area contributed by atoms with Crippen LogP contribution in [-0.2, 0) is 4.79 Å². The van der Waals surface area contributed by atoms with Crippen LogP contribution in [0.4, 0.5) is 0 Å². The molecule has 0 saturated heterocycles. The Kier molecular flexibility index (Phi) is 3.93. The van der Waals surface area contributed by atoms with Crippen molar-refractivity contribution in [3.8, 4) is 0 Å². The van der Waals surface area contributed by atoms with Gasteiger partial charge in [-0.2, -0.15) is 0 Å². The predicted octanol–water partition coefficient (Wildman–Crippen LogP) is 2.93. The summed E-state index contributed by atoms with van der Waals surface area (Å²) in [6.45, 7) is 5.82. The zero-order chi connectivity index (χ0) is 14.8. The third-order valence-electron chi connectivity index (χ3n) is 3.04. The molecule has 1 amide bonds. The minimum Gasteiger partial charge on any atom is -0.511 e. The van der Waals surface area contributed by atoms with Gasteiger partial charge in [-0.3, -0.25) is 9.79 Å². The first-order chi connectivity index (χ1) is 9.37. The first kappa shape index (κ1) is 14.3. The molecule has 1 atom stereocenters. The summed E-state index contributed by atoms with van der Waals surface area (Å²) in [5, 5.41) is 13.0. The number of carbonyl (C=O) groups excluding carboxylic acids is 1. The van der Waals surface area contributed by atoms with Gasteiger partial charge in [-0.05, 0) is 26.3 Å². The number of aliphatic hydroxyl groups excluding tert-OH is 1. The lowest BCUT2D eigenvalue weighted by Gasteiger charge is -2.24. The molecule has 106 valence electrons. The molecule has 0 spiro atoms. The Hall–Kier alpha value is -2.10. The van der Waals surface area contributed by atoms with Gasteiger partial charge in [0.15, 0.2) is 0 Å². The second kappa shape index (κ2) is 5.49. The van der Waals surface area contributed by atoms with Crippen LogP contribution in [0.15, 0.2) is 46.7 Å². The van der Waals surface area contributed by atoms with Crippen LogP contribution >= 0.6 is 0 Å². The van der Waals surface area contributed by atoms with Gasteiger partial charge in [0.1, 0.15) is 5.76 Å². The minimum absolute atomic E-state index is 0.0932. The van der Waals surface area contributed by atoms with Gasteiger partial charge in [-0.25, -0.2) is 0 Å². The maximum absolute atomic E-state index is 12.1. The lowest BCUT2D eigenvalue weighted by molar-refractivity contribution is -0.118. The number of aliphatic imine (C=N–C) groups is 1. The molecule has 0 fully saturated rings. The Labute approximate surface area is 119 Å². The average molecular weight is 272 g/mol. The van der Waals surface area contributed by atoms with Crippen LogP contribution in [0.5, 0.6) is 0 Å². The number of rotatable bonds is 2. The number of nitrogens with zero attached hydrogens (tertiary/aromatic N) is 1. The molecule has 1 aromatic carbocycles. The van der Waals surface area contributed by atoms with Crippen LogP contribution in [0, 0.1) is 0 Å². The molecule has 1 aromatic rings. The van der Waals surface area contributed by atoms with Gasteiger partial charge in [-0.15, -0.1) is 0 Å². The van der Waals surface area contributed by atoms with Crippen LogP contribution in [0.2, 0.25) is 0 Å². The summed E-state index contributed by atoms with van der Waals surface area (Å²) < 4.78 is 0. The Bertz CT molecular complexity index is 554. The Morgan fingerprint density at radius 2 is 1.95 bits per heavy atom. The maximum atomic E-state index is 12.1. The van der Waals surface area contributed by atoms with Gasteiger partial charge in [0.25, 0.3) is 5.91 Å². The highest BCUT2D eigenvalue weighted by Gasteiger charge is 2.27. The van der Waals surface area contributed by atoms with E-state index in [1.807, 2.05) is 51.1 Å². The fraction of sp³-hybridized carbons (Fsp3) is 0.375. The van der Waals surface area contributed by atoms with Gasteiger partial charge in [0.05, 0.1) is 17.2 Å². The number of hydrogen-bond acceptors (Lipinski definition) is 3. The van der Waals surface area contributed by atoms with Crippen LogP contribution in [0.3, 0.4) is 0 Å². The lowest BCUT2D eigenvalue weighted by atomic mass is 9.96. The highest BCUT2D eigenvalue weighted by Crippen LogP contribution is 2.26. The first-order valence-corrected chi connectivity index (χ1v) is 6.70. The highest BCUT2D eigenvalue weighted by atomic mass is 16.3. The number of nitrogens with one attached hydrogen (secondary N) is 1. The Morgan fingerprint density at radius 3 is 2.50 bits per heavy atom. The first-order valence-electron chi connectivity index (χ1n) is 6.70. The summed E-state index contributed by atoms with van der Waals surface area (Å²) in [5.41, 5.74) is 0.968. The monoisotopic (exact) mass is 272 g/mol. The zero-order valence-corrected chi connectivity index (χ0v) is 12.1. The largest absolute Gasteiger partial charge is 0.511 e. The van der Waals surface area contributed by atoms with E-state index in [1.165, 1.54) is 6.21 Å². The molecule has 0 bridgehead atoms. The molecular weight excluding hydrogens is 252 g/mol. The molecule has 20 heavy (non-hydrogen) atoms. The summed E-state index contributed by atoms with van der Waals surface area (Å²) in [5.74, 6) is -0.189. The van der Waals surface area contributed by atoms with Crippen molar-refractivity contribution in [2.45, 2.75) is 38.8 Å². The van der Waals surface area contributed by atoms with Crippen molar-refractivity contribution in [3.63, 3.8) is 0 Å². The third kappa shape index (κ3) is 3.47. The van der Waals surface area contributed by atoms with Crippen LogP contribution in [-0.4, -0.2) is 22.8 Å². The second-order valence-electron chi connectivity index (χ2n) is 5.93. The molecule has 1 aliphatic heterocycles. The van der Waals surface area contributed by atoms with E-state index in [4.69, 9.17) is 0 Å². The van der Waals surface area contributed by atoms with Gasteiger partial charge < -0.3 is 10.4 Å². The summed E-state index contributed by atoms with van der Waals surface area (Å²) in [4.78, 5) is 16.4. The normalized spacial score (nSPS) is 20.4. The van der Waals surface area contributed by atoms with E-state index >= 15 is 0 Å². The molecule has 0 aliphatic carbocycles. The number of amides is 1. The minimum atomic E-state index is -0.282. The Morgan fingerprint density at radius 1 is 1.30 bits per heavy atom. The van der Waals surface area contributed by atoms with Gasteiger partial charge in [-0.1, -0.05) is 30.3 Å². The molecule has 0 radical (unpaired) electrons. The van der Waals surface area contributed by atoms with E-state index in [-0.39, 0.29) is 28.8 Å². The fourth-order valence-electron chi connectivity index (χ4n) is 2.00. The molecule has 2 rings (SSSR count). The smallest absolute Gasteiger partial charge is 0.256 e. The second-order valence-corrected chi connectivity index (χ2v) is 5.93. The quantitative estimate of drug-likeness (QED) is 0.813. The fourth-order valence-corrected chi connectivity index (χ4v) is 2.00. The van der Waals surface area contributed by atoms with Gasteiger partial charge >= 0.3 is 0 Å². The van der Waals surface area contributed by atoms with Crippen molar-refractivity contribution in [1.29, 1.82) is 0 Å². The van der Waals surface area contributed by atoms with E-state index < -0.39 is 0 Å². The van der Waals surface area contributed by atoms with Crippen molar-refractivity contribution in [3.05, 3.63) is 47.2 Å². The van der Waals surface area contributed by atoms with E-state index in [2.05, 4.69) is 10.3 Å². The molecule has 4 heteroatoms. The van der Waals surface area contributed by atoms with Crippen molar-refractivity contribution in [1.82, 2.24) is 5.32 Å². The van der Waals surface area contributed by atoms with Crippen molar-refractivity contribution < 1.29 is 9.90 Å². The van der Waals surface area contributed by atoms with E-state index in [1.54, 1.807) is 0 Å². The standard InChI is InChI=1S/C16H20N2O2/c1-16(2,3)17-10-12-14(19)9-13(18-15(12)20)11-7-5-4-6-8-11/h4-8,10,13,19H,9H2,1-3H3,(H,18,20). The van der Waals surface area contributed by atoms with E-state index in [0.717, 1.165) is 5.56 Å². The zero-order valence-electron chi connectivity index (χ0n) is 12.1. The molecule has 1 heterocycles. The number of carbonyl (C=O) groups is 1. The van der Waals surface area contributed by atoms with Crippen LogP contribution in [0.25, 0.3) is 0 Å². The molecular formula is C16H20N2O2. The molecule has 0 aromatic heterocycles. The van der Waals surface area contributed by atoms with E-state index in [9.17, 15) is 9.90 Å². The molecule has 2 N–H and O–H groups in total. The lowest BCUT2D eigenvalue weighted by Crippen LogP contribution is -2.35.